The average molecular weight is 698 g/mol. The van der Waals surface area contributed by atoms with E-state index in [-0.39, 0.29) is 11.6 Å². The highest BCUT2D eigenvalue weighted by Crippen LogP contribution is 2.40. The molecule has 4 aromatic rings. The maximum atomic E-state index is 13.6. The zero-order chi connectivity index (χ0) is 34.9. The second-order valence-electron chi connectivity index (χ2n) is 11.7. The van der Waals surface area contributed by atoms with Crippen LogP contribution in [0.5, 0.6) is 5.75 Å². The van der Waals surface area contributed by atoms with Gasteiger partial charge in [-0.25, -0.2) is 4.79 Å². The van der Waals surface area contributed by atoms with Gasteiger partial charge in [-0.2, -0.15) is 0 Å². The molecule has 11 heteroatoms. The summed E-state index contributed by atoms with van der Waals surface area (Å²) in [6.07, 6.45) is 4.24. The van der Waals surface area contributed by atoms with Crippen molar-refractivity contribution in [2.45, 2.75) is 50.2 Å². The normalized spacial score (nSPS) is 14.6. The molecule has 0 saturated heterocycles. The third kappa shape index (κ3) is 9.18. The van der Waals surface area contributed by atoms with E-state index < -0.39 is 23.0 Å². The van der Waals surface area contributed by atoms with Gasteiger partial charge in [0, 0.05) is 21.0 Å². The first-order valence-electron chi connectivity index (χ1n) is 16.1. The van der Waals surface area contributed by atoms with Crippen molar-refractivity contribution in [3.05, 3.63) is 112 Å². The fraction of sp³-hybridized carbons (Fsp3) is 0.263. The number of benzene rings is 3. The zero-order valence-corrected chi connectivity index (χ0v) is 29.5. The lowest BCUT2D eigenvalue weighted by atomic mass is 9.88. The number of carbonyl (C=O) groups is 4. The van der Waals surface area contributed by atoms with Crippen LogP contribution in [0.3, 0.4) is 0 Å². The summed E-state index contributed by atoms with van der Waals surface area (Å²) in [5.41, 5.74) is 3.08. The Morgan fingerprint density at radius 1 is 1.00 bits per heavy atom. The Balaban J connectivity index is 1.29. The fourth-order valence-electron chi connectivity index (χ4n) is 5.41. The third-order valence-electron chi connectivity index (χ3n) is 7.94. The summed E-state index contributed by atoms with van der Waals surface area (Å²) in [5.74, 6) is -0.418. The minimum Gasteiger partial charge on any atom is -0.494 e. The molecule has 1 aliphatic carbocycles. The SMILES string of the molecule is CCOc1ccc(/C=C(/NC(=O)c2ccccc2)C(=O)Nc2cccc(SC(C)C(=O)Nc3sc4c(c3C(=O)OC)CCC(C)C4)c2)cc1. The molecule has 0 bridgehead atoms. The highest BCUT2D eigenvalue weighted by Gasteiger charge is 2.30. The number of anilines is 2. The van der Waals surface area contributed by atoms with E-state index in [0.717, 1.165) is 34.6 Å². The van der Waals surface area contributed by atoms with Crippen molar-refractivity contribution < 1.29 is 28.7 Å². The molecule has 2 unspecified atom stereocenters. The van der Waals surface area contributed by atoms with E-state index in [0.29, 0.717) is 45.7 Å². The van der Waals surface area contributed by atoms with Gasteiger partial charge >= 0.3 is 5.97 Å². The van der Waals surface area contributed by atoms with Crippen LogP contribution in [0.2, 0.25) is 0 Å². The van der Waals surface area contributed by atoms with Crippen molar-refractivity contribution in [2.24, 2.45) is 5.92 Å². The van der Waals surface area contributed by atoms with Crippen molar-refractivity contribution in [1.82, 2.24) is 5.32 Å². The van der Waals surface area contributed by atoms with Crippen LogP contribution in [0.4, 0.5) is 10.7 Å². The molecule has 254 valence electrons. The second kappa shape index (κ2) is 16.5. The quantitative estimate of drug-likeness (QED) is 0.0792. The van der Waals surface area contributed by atoms with E-state index in [4.69, 9.17) is 9.47 Å². The molecule has 3 aromatic carbocycles. The van der Waals surface area contributed by atoms with Crippen molar-refractivity contribution in [3.8, 4) is 5.75 Å². The Hall–Kier alpha value is -4.87. The number of thioether (sulfide) groups is 1. The summed E-state index contributed by atoms with van der Waals surface area (Å²) in [6, 6.07) is 23.0. The number of amides is 3. The van der Waals surface area contributed by atoms with Gasteiger partial charge in [0.25, 0.3) is 11.8 Å². The number of fused-ring (bicyclic) bond motifs is 1. The molecule has 1 aromatic heterocycles. The Bertz CT molecular complexity index is 1850. The molecular weight excluding hydrogens is 659 g/mol. The van der Waals surface area contributed by atoms with Crippen LogP contribution in [0, 0.1) is 5.92 Å². The van der Waals surface area contributed by atoms with Gasteiger partial charge in [-0.15, -0.1) is 23.1 Å². The van der Waals surface area contributed by atoms with Crippen LogP contribution in [0.15, 0.2) is 89.5 Å². The molecule has 0 spiro atoms. The number of thiophene rings is 1. The molecule has 1 aliphatic rings. The molecule has 1 heterocycles. The monoisotopic (exact) mass is 697 g/mol. The van der Waals surface area contributed by atoms with Gasteiger partial charge in [-0.05, 0) is 98.7 Å². The number of hydrogen-bond acceptors (Lipinski definition) is 8. The Labute approximate surface area is 294 Å². The Morgan fingerprint density at radius 2 is 1.76 bits per heavy atom. The predicted octanol–water partition coefficient (Wildman–Crippen LogP) is 7.59. The molecule has 49 heavy (non-hydrogen) atoms. The first kappa shape index (κ1) is 35.4. The highest BCUT2D eigenvalue weighted by atomic mass is 32.2. The number of esters is 1. The summed E-state index contributed by atoms with van der Waals surface area (Å²) in [5, 5.41) is 8.61. The average Bonchev–Trinajstić information content (AvgIpc) is 3.45. The molecule has 3 amide bonds. The third-order valence-corrected chi connectivity index (χ3v) is 10.2. The standard InChI is InChI=1S/C38H39N3O6S2/c1-5-47-28-17-15-25(16-18-28)21-31(40-35(43)26-10-7-6-8-11-26)36(44)39-27-12-9-13-29(22-27)48-24(3)34(42)41-37-33(38(45)46-4)30-19-14-23(2)20-32(30)49-37/h6-13,15-18,21-24H,5,14,19-20H2,1-4H3,(H,39,44)(H,40,43)(H,41,42)/b31-21+. The molecular formula is C38H39N3O6S2. The van der Waals surface area contributed by atoms with Crippen LogP contribution < -0.4 is 20.7 Å². The number of ether oxygens (including phenoxy) is 2. The van der Waals surface area contributed by atoms with Crippen molar-refractivity contribution in [3.63, 3.8) is 0 Å². The lowest BCUT2D eigenvalue weighted by Crippen LogP contribution is -2.30. The molecule has 0 fully saturated rings. The van der Waals surface area contributed by atoms with E-state index in [1.165, 1.54) is 30.2 Å². The first-order valence-corrected chi connectivity index (χ1v) is 17.8. The molecule has 3 N–H and O–H groups in total. The van der Waals surface area contributed by atoms with Crippen LogP contribution >= 0.6 is 23.1 Å². The summed E-state index contributed by atoms with van der Waals surface area (Å²) in [7, 11) is 1.35. The number of rotatable bonds is 12. The van der Waals surface area contributed by atoms with Gasteiger partial charge in [0.2, 0.25) is 5.91 Å². The molecule has 0 saturated carbocycles. The van der Waals surface area contributed by atoms with Crippen LogP contribution in [0.25, 0.3) is 6.08 Å². The minimum absolute atomic E-state index is 0.0539. The summed E-state index contributed by atoms with van der Waals surface area (Å²) >= 11 is 2.77. The van der Waals surface area contributed by atoms with E-state index in [1.54, 1.807) is 79.7 Å². The van der Waals surface area contributed by atoms with Crippen molar-refractivity contribution in [2.75, 3.05) is 24.4 Å². The van der Waals surface area contributed by atoms with E-state index in [2.05, 4.69) is 22.9 Å². The van der Waals surface area contributed by atoms with Crippen molar-refractivity contribution in [1.29, 1.82) is 0 Å². The maximum Gasteiger partial charge on any atom is 0.341 e. The molecule has 0 aliphatic heterocycles. The predicted molar refractivity (Wildman–Crippen MR) is 195 cm³/mol. The first-order chi connectivity index (χ1) is 23.6. The van der Waals surface area contributed by atoms with Crippen LogP contribution in [-0.4, -0.2) is 42.7 Å². The van der Waals surface area contributed by atoms with Gasteiger partial charge in [0.1, 0.15) is 16.4 Å². The number of methoxy groups -OCH3 is 1. The van der Waals surface area contributed by atoms with Crippen molar-refractivity contribution >= 4 is 63.6 Å². The molecule has 5 rings (SSSR count). The second-order valence-corrected chi connectivity index (χ2v) is 14.2. The lowest BCUT2D eigenvalue weighted by molar-refractivity contribution is -0.115. The van der Waals surface area contributed by atoms with E-state index in [1.807, 2.05) is 19.1 Å². The fourth-order valence-corrected chi connectivity index (χ4v) is 7.74. The Morgan fingerprint density at radius 3 is 2.47 bits per heavy atom. The summed E-state index contributed by atoms with van der Waals surface area (Å²) in [4.78, 5) is 54.6. The summed E-state index contributed by atoms with van der Waals surface area (Å²) in [6.45, 7) is 6.41. The van der Waals surface area contributed by atoms with Gasteiger partial charge in [-0.3, -0.25) is 14.4 Å². The van der Waals surface area contributed by atoms with Gasteiger partial charge < -0.3 is 25.4 Å². The number of carbonyl (C=O) groups excluding carboxylic acids is 4. The lowest BCUT2D eigenvalue weighted by Gasteiger charge is -2.18. The smallest absolute Gasteiger partial charge is 0.341 e. The van der Waals surface area contributed by atoms with Gasteiger partial charge in [-0.1, -0.05) is 43.3 Å². The van der Waals surface area contributed by atoms with Crippen LogP contribution in [-0.2, 0) is 27.2 Å². The zero-order valence-electron chi connectivity index (χ0n) is 27.8. The molecule has 0 radical (unpaired) electrons. The number of hydrogen-bond donors (Lipinski definition) is 3. The summed E-state index contributed by atoms with van der Waals surface area (Å²) < 4.78 is 10.6. The van der Waals surface area contributed by atoms with Gasteiger partial charge in [0.05, 0.1) is 24.5 Å². The van der Waals surface area contributed by atoms with E-state index >= 15 is 0 Å². The van der Waals surface area contributed by atoms with E-state index in [9.17, 15) is 19.2 Å². The number of nitrogens with one attached hydrogen (secondary N) is 3. The highest BCUT2D eigenvalue weighted by molar-refractivity contribution is 8.00. The Kier molecular flexibility index (Phi) is 11.9. The van der Waals surface area contributed by atoms with Crippen LogP contribution in [0.1, 0.15) is 63.9 Å². The molecule has 2 atom stereocenters. The van der Waals surface area contributed by atoms with Gasteiger partial charge in [0.15, 0.2) is 0 Å². The maximum absolute atomic E-state index is 13.6. The topological polar surface area (TPSA) is 123 Å². The molecule has 9 nitrogen and oxygen atoms in total. The minimum atomic E-state index is -0.519. The largest absolute Gasteiger partial charge is 0.494 e.